The Labute approximate surface area is 78.1 Å². The molecule has 0 fully saturated rings. The number of nitrogens with zero attached hydrogens (tertiary/aromatic N) is 2. The average molecular weight is 284 g/mol. The first kappa shape index (κ1) is 8.85. The maximum absolute atomic E-state index is 10.8. The van der Waals surface area contributed by atoms with Crippen LogP contribution in [0.2, 0.25) is 0 Å². The van der Waals surface area contributed by atoms with Gasteiger partial charge in [0.2, 0.25) is 0 Å². The van der Waals surface area contributed by atoms with Crippen molar-refractivity contribution in [1.29, 1.82) is 0 Å². The number of rotatable bonds is 1. The summed E-state index contributed by atoms with van der Waals surface area (Å²) in [6.07, 6.45) is 1.10. The highest BCUT2D eigenvalue weighted by Crippen LogP contribution is 2.04. The van der Waals surface area contributed by atoms with E-state index in [4.69, 9.17) is 0 Å². The van der Waals surface area contributed by atoms with Crippen molar-refractivity contribution in [1.82, 2.24) is 10.2 Å². The first-order chi connectivity index (χ1) is 5.00. The summed E-state index contributed by atoms with van der Waals surface area (Å²) < 4.78 is 22.4. The van der Waals surface area contributed by atoms with Gasteiger partial charge in [-0.15, -0.1) is 10.2 Å². The maximum Gasteiger partial charge on any atom is 0.194 e. The van der Waals surface area contributed by atoms with Crippen LogP contribution in [-0.4, -0.2) is 24.9 Å². The minimum Gasteiger partial charge on any atom is -0.222 e. The topological polar surface area (TPSA) is 59.9 Å². The second-order valence-electron chi connectivity index (χ2n) is 1.97. The minimum absolute atomic E-state index is 0.0120. The Morgan fingerprint density at radius 3 is 2.36 bits per heavy atom. The van der Waals surface area contributed by atoms with Crippen molar-refractivity contribution in [3.8, 4) is 0 Å². The molecule has 0 aromatic carbocycles. The normalized spacial score (nSPS) is 11.5. The molecule has 0 N–H and O–H groups in total. The average Bonchev–Trinajstić information content (AvgIpc) is 1.86. The minimum atomic E-state index is -3.20. The third-order valence-corrected chi connectivity index (χ3v) is 2.54. The van der Waals surface area contributed by atoms with Crippen molar-refractivity contribution in [2.75, 3.05) is 6.26 Å². The summed E-state index contributed by atoms with van der Waals surface area (Å²) in [7, 11) is -3.20. The first-order valence-electron chi connectivity index (χ1n) is 2.69. The molecule has 1 aromatic rings. The van der Waals surface area contributed by atoms with Gasteiger partial charge >= 0.3 is 0 Å². The second kappa shape index (κ2) is 3.02. The lowest BCUT2D eigenvalue weighted by Gasteiger charge is -1.93. The molecule has 60 valence electrons. The molecule has 0 saturated carbocycles. The standard InChI is InChI=1S/C5H5IN2O2S/c1-11(9,10)5-3-2-4(6)7-8-5/h2-3H,1H3. The second-order valence-corrected chi connectivity index (χ2v) is 5.03. The van der Waals surface area contributed by atoms with Crippen LogP contribution in [-0.2, 0) is 9.84 Å². The van der Waals surface area contributed by atoms with Gasteiger partial charge in [0.05, 0.1) is 0 Å². The summed E-state index contributed by atoms with van der Waals surface area (Å²) in [4.78, 5) is 0. The van der Waals surface area contributed by atoms with Crippen LogP contribution in [0.25, 0.3) is 0 Å². The molecule has 1 heterocycles. The number of halogens is 1. The summed E-state index contributed by atoms with van der Waals surface area (Å²) in [5, 5.41) is 7.12. The summed E-state index contributed by atoms with van der Waals surface area (Å²) in [5.41, 5.74) is 0. The monoisotopic (exact) mass is 284 g/mol. The Kier molecular flexibility index (Phi) is 2.43. The van der Waals surface area contributed by atoms with E-state index >= 15 is 0 Å². The molecule has 0 saturated heterocycles. The van der Waals surface area contributed by atoms with Crippen LogP contribution in [0.5, 0.6) is 0 Å². The number of hydrogen-bond acceptors (Lipinski definition) is 4. The fraction of sp³-hybridized carbons (Fsp3) is 0.200. The largest absolute Gasteiger partial charge is 0.222 e. The van der Waals surface area contributed by atoms with Gasteiger partial charge in [-0.2, -0.15) is 0 Å². The van der Waals surface area contributed by atoms with E-state index in [0.717, 1.165) is 6.26 Å². The van der Waals surface area contributed by atoms with E-state index in [9.17, 15) is 8.42 Å². The number of aromatic nitrogens is 2. The van der Waals surface area contributed by atoms with Crippen molar-refractivity contribution in [2.45, 2.75) is 5.03 Å². The van der Waals surface area contributed by atoms with E-state index in [1.165, 1.54) is 6.07 Å². The van der Waals surface area contributed by atoms with Crippen molar-refractivity contribution in [2.24, 2.45) is 0 Å². The molecule has 0 atom stereocenters. The van der Waals surface area contributed by atoms with Crippen molar-refractivity contribution in [3.63, 3.8) is 0 Å². The van der Waals surface area contributed by atoms with Crippen LogP contribution in [0, 0.1) is 3.70 Å². The van der Waals surface area contributed by atoms with Gasteiger partial charge in [0.25, 0.3) is 0 Å². The summed E-state index contributed by atoms with van der Waals surface area (Å²) in [6, 6.07) is 3.04. The predicted octanol–water partition coefficient (Wildman–Crippen LogP) is 0.485. The molecule has 1 aromatic heterocycles. The van der Waals surface area contributed by atoms with E-state index in [0.29, 0.717) is 3.70 Å². The Balaban J connectivity index is 3.20. The molecule has 4 nitrogen and oxygen atoms in total. The predicted molar refractivity (Wildman–Crippen MR) is 47.9 cm³/mol. The summed E-state index contributed by atoms with van der Waals surface area (Å²) >= 11 is 1.96. The molecular formula is C5H5IN2O2S. The Morgan fingerprint density at radius 1 is 1.36 bits per heavy atom. The van der Waals surface area contributed by atoms with Gasteiger partial charge in [-0.05, 0) is 34.7 Å². The summed E-state index contributed by atoms with van der Waals surface area (Å²) in [6.45, 7) is 0. The molecule has 0 aliphatic heterocycles. The van der Waals surface area contributed by atoms with Crippen molar-refractivity contribution < 1.29 is 8.42 Å². The maximum atomic E-state index is 10.8. The van der Waals surface area contributed by atoms with Gasteiger partial charge in [-0.1, -0.05) is 0 Å². The molecule has 0 unspecified atom stereocenters. The molecule has 0 amide bonds. The zero-order valence-corrected chi connectivity index (χ0v) is 8.63. The third-order valence-electron chi connectivity index (χ3n) is 0.987. The molecule has 6 heteroatoms. The number of hydrogen-bond donors (Lipinski definition) is 0. The van der Waals surface area contributed by atoms with Gasteiger partial charge in [-0.3, -0.25) is 0 Å². The zero-order chi connectivity index (χ0) is 8.48. The lowest BCUT2D eigenvalue weighted by atomic mass is 10.6. The molecular weight excluding hydrogens is 279 g/mol. The Morgan fingerprint density at radius 2 is 2.00 bits per heavy atom. The first-order valence-corrected chi connectivity index (χ1v) is 5.66. The Hall–Kier alpha value is -0.240. The van der Waals surface area contributed by atoms with Crippen LogP contribution in [0.15, 0.2) is 17.2 Å². The van der Waals surface area contributed by atoms with Gasteiger partial charge in [0.15, 0.2) is 14.9 Å². The smallest absolute Gasteiger partial charge is 0.194 e. The van der Waals surface area contributed by atoms with Crippen LogP contribution >= 0.6 is 22.6 Å². The van der Waals surface area contributed by atoms with Gasteiger partial charge in [0, 0.05) is 6.26 Å². The highest BCUT2D eigenvalue weighted by Gasteiger charge is 2.07. The number of sulfone groups is 1. The molecule has 0 aliphatic carbocycles. The van der Waals surface area contributed by atoms with Gasteiger partial charge in [0.1, 0.15) is 3.70 Å². The van der Waals surface area contributed by atoms with E-state index in [1.54, 1.807) is 6.07 Å². The van der Waals surface area contributed by atoms with Crippen LogP contribution < -0.4 is 0 Å². The lowest BCUT2D eigenvalue weighted by molar-refractivity contribution is 0.595. The molecule has 0 radical (unpaired) electrons. The van der Waals surface area contributed by atoms with Crippen molar-refractivity contribution in [3.05, 3.63) is 15.8 Å². The van der Waals surface area contributed by atoms with E-state index in [2.05, 4.69) is 10.2 Å². The van der Waals surface area contributed by atoms with Crippen molar-refractivity contribution >= 4 is 32.4 Å². The molecule has 0 spiro atoms. The Bertz CT molecular complexity index is 345. The lowest BCUT2D eigenvalue weighted by Crippen LogP contribution is -2.01. The van der Waals surface area contributed by atoms with Crippen LogP contribution in [0.4, 0.5) is 0 Å². The highest BCUT2D eigenvalue weighted by molar-refractivity contribution is 14.1. The third kappa shape index (κ3) is 2.37. The van der Waals surface area contributed by atoms with E-state index < -0.39 is 9.84 Å². The molecule has 0 aliphatic rings. The summed E-state index contributed by atoms with van der Waals surface area (Å²) in [5.74, 6) is 0. The SMILES string of the molecule is CS(=O)(=O)c1ccc(I)nn1. The quantitative estimate of drug-likeness (QED) is 0.704. The van der Waals surface area contributed by atoms with Crippen LogP contribution in [0.1, 0.15) is 0 Å². The molecule has 11 heavy (non-hydrogen) atoms. The zero-order valence-electron chi connectivity index (χ0n) is 5.65. The highest BCUT2D eigenvalue weighted by atomic mass is 127. The van der Waals surface area contributed by atoms with E-state index in [-0.39, 0.29) is 5.03 Å². The fourth-order valence-corrected chi connectivity index (χ4v) is 1.29. The van der Waals surface area contributed by atoms with Crippen LogP contribution in [0.3, 0.4) is 0 Å². The fourth-order valence-electron chi connectivity index (χ4n) is 0.502. The van der Waals surface area contributed by atoms with E-state index in [1.807, 2.05) is 22.6 Å². The molecule has 0 bridgehead atoms. The van der Waals surface area contributed by atoms with Gasteiger partial charge < -0.3 is 0 Å². The molecule has 1 rings (SSSR count). The van der Waals surface area contributed by atoms with Gasteiger partial charge in [-0.25, -0.2) is 8.42 Å².